The third-order valence-corrected chi connectivity index (χ3v) is 2.32. The van der Waals surface area contributed by atoms with Crippen LogP contribution in [-0.2, 0) is 9.59 Å². The molecule has 1 aliphatic rings. The summed E-state index contributed by atoms with van der Waals surface area (Å²) in [5.41, 5.74) is 0. The molecule has 80 valence electrons. The largest absolute Gasteiger partial charge is 0.396 e. The molecule has 0 spiro atoms. The monoisotopic (exact) mass is 200 g/mol. The van der Waals surface area contributed by atoms with E-state index in [9.17, 15) is 9.59 Å². The summed E-state index contributed by atoms with van der Waals surface area (Å²) in [6, 6.07) is -0.466. The van der Waals surface area contributed by atoms with E-state index in [-0.39, 0.29) is 24.3 Å². The van der Waals surface area contributed by atoms with Gasteiger partial charge in [-0.1, -0.05) is 0 Å². The first-order valence-corrected chi connectivity index (χ1v) is 4.71. The van der Waals surface area contributed by atoms with Gasteiger partial charge in [0.25, 0.3) is 0 Å². The molecule has 0 saturated carbocycles. The van der Waals surface area contributed by atoms with E-state index in [0.29, 0.717) is 13.1 Å². The number of nitrogens with one attached hydrogen (secondary N) is 1. The Labute approximate surface area is 83.1 Å². The van der Waals surface area contributed by atoms with E-state index in [1.54, 1.807) is 11.8 Å². The fourth-order valence-corrected chi connectivity index (χ4v) is 1.51. The van der Waals surface area contributed by atoms with Crippen molar-refractivity contribution in [1.82, 2.24) is 10.2 Å². The van der Waals surface area contributed by atoms with Crippen LogP contribution in [0.25, 0.3) is 0 Å². The van der Waals surface area contributed by atoms with Crippen molar-refractivity contribution in [1.29, 1.82) is 0 Å². The summed E-state index contributed by atoms with van der Waals surface area (Å²) < 4.78 is 0. The topological polar surface area (TPSA) is 69.6 Å². The highest BCUT2D eigenvalue weighted by atomic mass is 16.3. The van der Waals surface area contributed by atoms with Crippen molar-refractivity contribution < 1.29 is 14.7 Å². The molecule has 5 heteroatoms. The van der Waals surface area contributed by atoms with E-state index in [1.165, 1.54) is 6.92 Å². The number of carbonyl (C=O) groups is 2. The molecule has 1 aliphatic heterocycles. The average Bonchev–Trinajstić information content (AvgIpc) is 2.00. The number of aliphatic hydroxyl groups is 1. The zero-order valence-corrected chi connectivity index (χ0v) is 8.49. The average molecular weight is 200 g/mol. The molecular weight excluding hydrogens is 184 g/mol. The smallest absolute Gasteiger partial charge is 0.244 e. The van der Waals surface area contributed by atoms with Gasteiger partial charge in [-0.25, -0.2) is 0 Å². The second-order valence-corrected chi connectivity index (χ2v) is 3.71. The number of carbonyl (C=O) groups excluding carboxylic acids is 2. The minimum atomic E-state index is -0.466. The van der Waals surface area contributed by atoms with Gasteiger partial charge in [-0.2, -0.15) is 0 Å². The number of hydrogen-bond acceptors (Lipinski definition) is 3. The van der Waals surface area contributed by atoms with E-state index in [0.717, 1.165) is 0 Å². The van der Waals surface area contributed by atoms with Crippen LogP contribution in [0.4, 0.5) is 0 Å². The van der Waals surface area contributed by atoms with E-state index in [2.05, 4.69) is 5.32 Å². The Morgan fingerprint density at radius 3 is 2.57 bits per heavy atom. The highest BCUT2D eigenvalue weighted by Crippen LogP contribution is 2.15. The summed E-state index contributed by atoms with van der Waals surface area (Å²) in [7, 11) is 0. The fraction of sp³-hybridized carbons (Fsp3) is 0.778. The van der Waals surface area contributed by atoms with Crippen molar-refractivity contribution in [3.8, 4) is 0 Å². The Hall–Kier alpha value is -1.10. The maximum Gasteiger partial charge on any atom is 0.244 e. The van der Waals surface area contributed by atoms with Gasteiger partial charge in [-0.05, 0) is 6.92 Å². The summed E-state index contributed by atoms with van der Waals surface area (Å²) in [5, 5.41) is 11.3. The van der Waals surface area contributed by atoms with Crippen LogP contribution < -0.4 is 5.32 Å². The predicted octanol–water partition coefficient (Wildman–Crippen LogP) is -1.04. The third-order valence-electron chi connectivity index (χ3n) is 2.32. The van der Waals surface area contributed by atoms with Gasteiger partial charge in [-0.3, -0.25) is 9.59 Å². The summed E-state index contributed by atoms with van der Waals surface area (Å²) in [5.74, 6) is -0.0709. The molecule has 5 nitrogen and oxygen atoms in total. The lowest BCUT2D eigenvalue weighted by atomic mass is 10.0. The van der Waals surface area contributed by atoms with E-state index in [4.69, 9.17) is 5.11 Å². The quantitative estimate of drug-likeness (QED) is 0.611. The molecule has 1 unspecified atom stereocenters. The Morgan fingerprint density at radius 2 is 2.14 bits per heavy atom. The van der Waals surface area contributed by atoms with Crippen LogP contribution in [0.5, 0.6) is 0 Å². The number of hydrogen-bond donors (Lipinski definition) is 2. The molecule has 2 N–H and O–H groups in total. The number of nitrogens with zero attached hydrogens (tertiary/aromatic N) is 1. The van der Waals surface area contributed by atoms with Gasteiger partial charge in [0.2, 0.25) is 11.8 Å². The van der Waals surface area contributed by atoms with Gasteiger partial charge in [0.05, 0.1) is 0 Å². The van der Waals surface area contributed by atoms with Crippen molar-refractivity contribution >= 4 is 11.8 Å². The summed E-state index contributed by atoms with van der Waals surface area (Å²) in [6.45, 7) is 4.36. The Balaban J connectivity index is 2.32. The molecular formula is C9H16N2O3. The molecule has 1 heterocycles. The summed E-state index contributed by atoms with van der Waals surface area (Å²) >= 11 is 0. The van der Waals surface area contributed by atoms with Crippen molar-refractivity contribution in [2.75, 3.05) is 19.7 Å². The van der Waals surface area contributed by atoms with Crippen molar-refractivity contribution in [3.63, 3.8) is 0 Å². The molecule has 1 rings (SSSR count). The van der Waals surface area contributed by atoms with E-state index >= 15 is 0 Å². The minimum Gasteiger partial charge on any atom is -0.396 e. The SMILES string of the molecule is CC(=O)NC(C)C(=O)N1CC(CO)C1. The van der Waals surface area contributed by atoms with Crippen LogP contribution in [0.3, 0.4) is 0 Å². The van der Waals surface area contributed by atoms with Gasteiger partial charge in [0.1, 0.15) is 6.04 Å². The minimum absolute atomic E-state index is 0.0788. The molecule has 1 saturated heterocycles. The molecule has 1 fully saturated rings. The van der Waals surface area contributed by atoms with Gasteiger partial charge < -0.3 is 15.3 Å². The molecule has 0 aliphatic carbocycles. The van der Waals surface area contributed by atoms with Crippen LogP contribution in [-0.4, -0.2) is 47.6 Å². The molecule has 2 amide bonds. The Bertz CT molecular complexity index is 236. The maximum absolute atomic E-state index is 11.6. The molecule has 0 aromatic carbocycles. The van der Waals surface area contributed by atoms with Crippen molar-refractivity contribution in [2.45, 2.75) is 19.9 Å². The molecule has 1 atom stereocenters. The normalized spacial score (nSPS) is 18.6. The zero-order chi connectivity index (χ0) is 10.7. The molecule has 14 heavy (non-hydrogen) atoms. The second kappa shape index (κ2) is 4.41. The van der Waals surface area contributed by atoms with Gasteiger partial charge in [0, 0.05) is 32.5 Å². The number of aliphatic hydroxyl groups excluding tert-OH is 1. The Kier molecular flexibility index (Phi) is 3.46. The summed E-state index contributed by atoms with van der Waals surface area (Å²) in [6.07, 6.45) is 0. The van der Waals surface area contributed by atoms with Crippen LogP contribution >= 0.6 is 0 Å². The predicted molar refractivity (Wildman–Crippen MR) is 50.4 cm³/mol. The van der Waals surface area contributed by atoms with Crippen LogP contribution in [0, 0.1) is 5.92 Å². The maximum atomic E-state index is 11.6. The lowest BCUT2D eigenvalue weighted by Crippen LogP contribution is -2.56. The lowest BCUT2D eigenvalue weighted by Gasteiger charge is -2.39. The van der Waals surface area contributed by atoms with Crippen LogP contribution in [0.15, 0.2) is 0 Å². The molecule has 0 aromatic heterocycles. The first-order valence-electron chi connectivity index (χ1n) is 4.71. The molecule has 0 bridgehead atoms. The van der Waals surface area contributed by atoms with Crippen LogP contribution in [0.1, 0.15) is 13.8 Å². The van der Waals surface area contributed by atoms with E-state index < -0.39 is 6.04 Å². The van der Waals surface area contributed by atoms with Gasteiger partial charge >= 0.3 is 0 Å². The van der Waals surface area contributed by atoms with Crippen molar-refractivity contribution in [3.05, 3.63) is 0 Å². The fourth-order valence-electron chi connectivity index (χ4n) is 1.51. The number of amides is 2. The molecule has 0 radical (unpaired) electrons. The highest BCUT2D eigenvalue weighted by Gasteiger charge is 2.32. The number of likely N-dealkylation sites (tertiary alicyclic amines) is 1. The Morgan fingerprint density at radius 1 is 1.57 bits per heavy atom. The zero-order valence-electron chi connectivity index (χ0n) is 8.49. The van der Waals surface area contributed by atoms with Gasteiger partial charge in [0.15, 0.2) is 0 Å². The first kappa shape index (κ1) is 11.0. The standard InChI is InChI=1S/C9H16N2O3/c1-6(10-7(2)13)9(14)11-3-8(4-11)5-12/h6,8,12H,3-5H2,1-2H3,(H,10,13). The third kappa shape index (κ3) is 2.45. The molecule has 0 aromatic rings. The van der Waals surface area contributed by atoms with Crippen molar-refractivity contribution in [2.24, 2.45) is 5.92 Å². The highest BCUT2D eigenvalue weighted by molar-refractivity contribution is 5.86. The number of rotatable bonds is 3. The second-order valence-electron chi connectivity index (χ2n) is 3.71. The van der Waals surface area contributed by atoms with Gasteiger partial charge in [-0.15, -0.1) is 0 Å². The van der Waals surface area contributed by atoms with Crippen LogP contribution in [0.2, 0.25) is 0 Å². The first-order chi connectivity index (χ1) is 6.54. The van der Waals surface area contributed by atoms with E-state index in [1.807, 2.05) is 0 Å². The lowest BCUT2D eigenvalue weighted by molar-refractivity contribution is -0.142. The summed E-state index contributed by atoms with van der Waals surface area (Å²) in [4.78, 5) is 23.9.